The molecule has 0 aromatic heterocycles. The van der Waals surface area contributed by atoms with Gasteiger partial charge in [-0.15, -0.1) is 11.8 Å². The topological polar surface area (TPSA) is 46.6 Å². The second-order valence-corrected chi connectivity index (χ2v) is 9.22. The number of hydrogen-bond donors (Lipinski definition) is 0. The van der Waals surface area contributed by atoms with Crippen LogP contribution in [0.2, 0.25) is 0 Å². The summed E-state index contributed by atoms with van der Waals surface area (Å²) in [5.41, 5.74) is -5.58. The summed E-state index contributed by atoms with van der Waals surface area (Å²) in [6.07, 6.45) is -10.2. The van der Waals surface area contributed by atoms with E-state index in [4.69, 9.17) is 4.74 Å². The van der Waals surface area contributed by atoms with E-state index < -0.39 is 52.2 Å². The van der Waals surface area contributed by atoms with Gasteiger partial charge in [-0.25, -0.2) is 4.79 Å². The van der Waals surface area contributed by atoms with E-state index in [0.29, 0.717) is 18.5 Å². The maximum absolute atomic E-state index is 13.2. The Kier molecular flexibility index (Phi) is 6.47. The van der Waals surface area contributed by atoms with Gasteiger partial charge in [0.05, 0.1) is 23.6 Å². The number of esters is 1. The number of carbonyl (C=O) groups is 2. The minimum absolute atomic E-state index is 0.0210. The zero-order valence-corrected chi connectivity index (χ0v) is 17.5. The molecular weight excluding hydrogens is 436 g/mol. The minimum atomic E-state index is -5.02. The van der Waals surface area contributed by atoms with Gasteiger partial charge < -0.3 is 9.64 Å². The molecule has 11 heteroatoms. The first-order valence-corrected chi connectivity index (χ1v) is 9.83. The fraction of sp³-hybridized carbons (Fsp3) is 0.579. The van der Waals surface area contributed by atoms with Crippen LogP contribution in [0.15, 0.2) is 18.2 Å². The Labute approximate surface area is 173 Å². The molecule has 1 aromatic rings. The third kappa shape index (κ3) is 4.70. The van der Waals surface area contributed by atoms with E-state index in [9.17, 15) is 35.9 Å². The molecule has 0 saturated carbocycles. The lowest BCUT2D eigenvalue weighted by molar-refractivity contribution is -0.157. The zero-order valence-electron chi connectivity index (χ0n) is 16.6. The molecule has 1 heterocycles. The Hall–Kier alpha value is -1.91. The number of rotatable bonds is 4. The first kappa shape index (κ1) is 24.4. The molecule has 168 valence electrons. The summed E-state index contributed by atoms with van der Waals surface area (Å²) in [6.45, 7) is 5.42. The van der Waals surface area contributed by atoms with E-state index in [-0.39, 0.29) is 17.4 Å². The molecule has 1 aromatic carbocycles. The van der Waals surface area contributed by atoms with E-state index in [1.54, 1.807) is 20.8 Å². The van der Waals surface area contributed by atoms with Crippen LogP contribution in [-0.4, -0.2) is 41.1 Å². The lowest BCUT2D eigenvalue weighted by Gasteiger charge is -2.39. The van der Waals surface area contributed by atoms with Crippen molar-refractivity contribution >= 4 is 24.1 Å². The summed E-state index contributed by atoms with van der Waals surface area (Å²) < 4.78 is 84.0. The van der Waals surface area contributed by atoms with E-state index in [0.717, 1.165) is 12.0 Å². The maximum atomic E-state index is 13.2. The van der Waals surface area contributed by atoms with Gasteiger partial charge in [0, 0.05) is 12.2 Å². The summed E-state index contributed by atoms with van der Waals surface area (Å²) in [7, 11) is 1.05. The number of alkyl halides is 6. The monoisotopic (exact) mass is 457 g/mol. The molecule has 0 radical (unpaired) electrons. The first-order valence-electron chi connectivity index (χ1n) is 8.78. The molecule has 0 aliphatic carbocycles. The van der Waals surface area contributed by atoms with Crippen molar-refractivity contribution in [2.24, 2.45) is 5.41 Å². The van der Waals surface area contributed by atoms with Crippen LogP contribution in [-0.2, 0) is 33.1 Å². The number of benzene rings is 1. The molecule has 2 atom stereocenters. The molecule has 0 unspecified atom stereocenters. The quantitative estimate of drug-likeness (QED) is 0.372. The average Bonchev–Trinajstić information content (AvgIpc) is 2.98. The number of carbonyl (C=O) groups excluding carboxylic acids is 2. The van der Waals surface area contributed by atoms with E-state index in [1.807, 2.05) is 0 Å². The first-order chi connectivity index (χ1) is 13.6. The summed E-state index contributed by atoms with van der Waals surface area (Å²) in [5.74, 6) is -0.933. The van der Waals surface area contributed by atoms with Gasteiger partial charge >= 0.3 is 18.3 Å². The van der Waals surface area contributed by atoms with Crippen LogP contribution in [0.1, 0.15) is 37.5 Å². The van der Waals surface area contributed by atoms with Crippen molar-refractivity contribution in [1.29, 1.82) is 0 Å². The normalized spacial score (nSPS) is 22.9. The number of amides is 1. The number of hydrogen-bond acceptors (Lipinski definition) is 4. The van der Waals surface area contributed by atoms with Gasteiger partial charge in [-0.1, -0.05) is 20.8 Å². The fourth-order valence-electron chi connectivity index (χ4n) is 3.45. The fourth-order valence-corrected chi connectivity index (χ4v) is 5.16. The summed E-state index contributed by atoms with van der Waals surface area (Å²) in [5, 5.41) is -0.526. The third-order valence-electron chi connectivity index (χ3n) is 4.79. The zero-order chi connectivity index (χ0) is 23.1. The Bertz CT molecular complexity index is 786. The van der Waals surface area contributed by atoms with Crippen LogP contribution in [0.25, 0.3) is 0 Å². The van der Waals surface area contributed by atoms with Gasteiger partial charge in [0.2, 0.25) is 6.41 Å². The number of ether oxygens (including phenoxy) is 1. The Morgan fingerprint density at radius 1 is 1.13 bits per heavy atom. The third-order valence-corrected chi connectivity index (χ3v) is 6.68. The predicted molar refractivity (Wildman–Crippen MR) is 98.5 cm³/mol. The average molecular weight is 457 g/mol. The van der Waals surface area contributed by atoms with Crippen molar-refractivity contribution in [3.05, 3.63) is 34.9 Å². The highest BCUT2D eigenvalue weighted by molar-refractivity contribution is 8.00. The van der Waals surface area contributed by atoms with Crippen LogP contribution < -0.4 is 0 Å². The van der Waals surface area contributed by atoms with Gasteiger partial charge in [0.15, 0.2) is 5.54 Å². The lowest BCUT2D eigenvalue weighted by Crippen LogP contribution is -2.58. The van der Waals surface area contributed by atoms with Crippen molar-refractivity contribution in [3.63, 3.8) is 0 Å². The van der Waals surface area contributed by atoms with Gasteiger partial charge in [-0.2, -0.15) is 26.3 Å². The molecular formula is C19H21F6NO3S. The van der Waals surface area contributed by atoms with Crippen molar-refractivity contribution in [2.75, 3.05) is 12.9 Å². The second kappa shape index (κ2) is 7.97. The molecule has 0 N–H and O–H groups in total. The Morgan fingerprint density at radius 3 is 2.00 bits per heavy atom. The smallest absolute Gasteiger partial charge is 0.416 e. The van der Waals surface area contributed by atoms with Crippen LogP contribution >= 0.6 is 11.8 Å². The van der Waals surface area contributed by atoms with Crippen LogP contribution in [0, 0.1) is 5.41 Å². The molecule has 0 bridgehead atoms. The number of halogens is 6. The van der Waals surface area contributed by atoms with Crippen molar-refractivity contribution < 1.29 is 40.7 Å². The van der Waals surface area contributed by atoms with Gasteiger partial charge in [-0.3, -0.25) is 4.79 Å². The standard InChI is InChI=1S/C19H21F6NO3S/c1-16(2,3)14-26(10-27)17(9-30-14,15(28)29-4)8-11-5-12(18(20,21)22)7-13(6-11)19(23,24)25/h5-7,10,14H,8-9H2,1-4H3/t14-,17+/m1/s1. The largest absolute Gasteiger partial charge is 0.467 e. The van der Waals surface area contributed by atoms with Gasteiger partial charge in [-0.05, 0) is 29.2 Å². The molecule has 1 fully saturated rings. The number of thioether (sulfide) groups is 1. The Morgan fingerprint density at radius 2 is 1.63 bits per heavy atom. The number of nitrogens with zero attached hydrogens (tertiary/aromatic N) is 1. The van der Waals surface area contributed by atoms with Crippen molar-refractivity contribution in [1.82, 2.24) is 4.90 Å². The van der Waals surface area contributed by atoms with Crippen LogP contribution in [0.4, 0.5) is 26.3 Å². The predicted octanol–water partition coefficient (Wildman–Crippen LogP) is 4.76. The highest BCUT2D eigenvalue weighted by atomic mass is 32.2. The SMILES string of the molecule is COC(=O)[C@]1(Cc2cc(C(F)(F)F)cc(C(F)(F)F)c2)CS[C@H](C(C)(C)C)N1C=O. The second-order valence-electron chi connectivity index (χ2n) is 8.16. The molecule has 30 heavy (non-hydrogen) atoms. The van der Waals surface area contributed by atoms with E-state index in [2.05, 4.69) is 0 Å². The maximum Gasteiger partial charge on any atom is 0.416 e. The van der Waals surface area contributed by atoms with Gasteiger partial charge in [0.25, 0.3) is 0 Å². The molecule has 1 saturated heterocycles. The summed E-state index contributed by atoms with van der Waals surface area (Å²) in [6, 6.07) is 1.16. The lowest BCUT2D eigenvalue weighted by atomic mass is 9.86. The highest BCUT2D eigenvalue weighted by Gasteiger charge is 2.55. The van der Waals surface area contributed by atoms with Crippen molar-refractivity contribution in [3.8, 4) is 0 Å². The molecule has 1 aliphatic rings. The van der Waals surface area contributed by atoms with Crippen molar-refractivity contribution in [2.45, 2.75) is 50.5 Å². The number of methoxy groups -OCH3 is 1. The highest BCUT2D eigenvalue weighted by Crippen LogP contribution is 2.47. The van der Waals surface area contributed by atoms with E-state index >= 15 is 0 Å². The minimum Gasteiger partial charge on any atom is -0.467 e. The van der Waals surface area contributed by atoms with E-state index in [1.165, 1.54) is 11.8 Å². The Balaban J connectivity index is 2.63. The summed E-state index contributed by atoms with van der Waals surface area (Å²) >= 11 is 1.22. The molecule has 4 nitrogen and oxygen atoms in total. The molecule has 1 amide bonds. The van der Waals surface area contributed by atoms with Crippen LogP contribution in [0.3, 0.4) is 0 Å². The summed E-state index contributed by atoms with van der Waals surface area (Å²) in [4.78, 5) is 25.7. The molecule has 1 aliphatic heterocycles. The molecule has 0 spiro atoms. The molecule has 2 rings (SSSR count). The van der Waals surface area contributed by atoms with Gasteiger partial charge in [0.1, 0.15) is 0 Å². The van der Waals surface area contributed by atoms with Crippen LogP contribution in [0.5, 0.6) is 0 Å².